The van der Waals surface area contributed by atoms with E-state index in [-0.39, 0.29) is 11.8 Å². The first-order chi connectivity index (χ1) is 15.9. The second-order valence-electron chi connectivity index (χ2n) is 8.11. The molecular formula is C21H25F3N4O5S. The largest absolute Gasteiger partial charge is 0.490 e. The first-order valence-corrected chi connectivity index (χ1v) is 11.4. The summed E-state index contributed by atoms with van der Waals surface area (Å²) in [5, 5.41) is 10.2. The van der Waals surface area contributed by atoms with Gasteiger partial charge in [-0.25, -0.2) is 9.78 Å². The smallest absolute Gasteiger partial charge is 0.475 e. The van der Waals surface area contributed by atoms with E-state index in [1.807, 2.05) is 24.3 Å². The van der Waals surface area contributed by atoms with Gasteiger partial charge >= 0.3 is 12.1 Å². The monoisotopic (exact) mass is 502 g/mol. The lowest BCUT2D eigenvalue weighted by Gasteiger charge is -2.51. The molecule has 0 atom stereocenters. The van der Waals surface area contributed by atoms with Crippen molar-refractivity contribution in [1.82, 2.24) is 19.7 Å². The molecule has 0 unspecified atom stereocenters. The van der Waals surface area contributed by atoms with Crippen LogP contribution in [0.1, 0.15) is 34.1 Å². The fraction of sp³-hybridized carbons (Fsp3) is 0.524. The third-order valence-corrected chi connectivity index (χ3v) is 6.82. The van der Waals surface area contributed by atoms with Crippen molar-refractivity contribution < 1.29 is 37.1 Å². The molecule has 9 nitrogen and oxygen atoms in total. The number of hydrogen-bond acceptors (Lipinski definition) is 7. The highest BCUT2D eigenvalue weighted by Gasteiger charge is 2.50. The predicted octanol–water partition coefficient (Wildman–Crippen LogP) is 2.63. The predicted molar refractivity (Wildman–Crippen MR) is 115 cm³/mol. The number of furan rings is 1. The molecular weight excluding hydrogens is 477 g/mol. The lowest BCUT2D eigenvalue weighted by Crippen LogP contribution is -2.67. The number of aliphatic carboxylic acids is 1. The Morgan fingerprint density at radius 2 is 1.88 bits per heavy atom. The van der Waals surface area contributed by atoms with Crippen LogP contribution in [0.25, 0.3) is 0 Å². The van der Waals surface area contributed by atoms with Crippen LogP contribution in [0.3, 0.4) is 0 Å². The van der Waals surface area contributed by atoms with Crippen molar-refractivity contribution in [2.24, 2.45) is 0 Å². The Hall–Kier alpha value is -2.93. The molecule has 1 N–H and O–H groups in total. The summed E-state index contributed by atoms with van der Waals surface area (Å²) in [5.74, 6) is -2.34. The molecule has 2 aliphatic heterocycles. The van der Waals surface area contributed by atoms with E-state index >= 15 is 0 Å². The van der Waals surface area contributed by atoms with E-state index in [1.165, 1.54) is 6.26 Å². The number of amides is 2. The molecule has 0 saturated carbocycles. The summed E-state index contributed by atoms with van der Waals surface area (Å²) in [6.45, 7) is 5.20. The molecule has 2 amide bonds. The molecule has 2 fully saturated rings. The molecule has 186 valence electrons. The van der Waals surface area contributed by atoms with Crippen LogP contribution in [0.2, 0.25) is 0 Å². The number of halogens is 3. The lowest BCUT2D eigenvalue weighted by molar-refractivity contribution is -0.192. The quantitative estimate of drug-likeness (QED) is 0.688. The Morgan fingerprint density at radius 1 is 1.24 bits per heavy atom. The van der Waals surface area contributed by atoms with Crippen molar-refractivity contribution in [2.45, 2.75) is 38.0 Å². The normalized spacial score (nSPS) is 18.6. The average molecular weight is 503 g/mol. The standard InChI is InChI=1S/C19H24N4O3S.C2HF3O2/c1-14-20-15(13-27-14)12-23-10-9-21(2)19(18(23)25)5-7-22(8-6-19)17(24)16-4-3-11-26-16;3-2(4,5)1(6)7/h3-4,11,13H,5-10,12H2,1-2H3;(H,6,7). The highest BCUT2D eigenvalue weighted by Crippen LogP contribution is 2.34. The summed E-state index contributed by atoms with van der Waals surface area (Å²) < 4.78 is 37.0. The van der Waals surface area contributed by atoms with Gasteiger partial charge in [0.2, 0.25) is 5.91 Å². The summed E-state index contributed by atoms with van der Waals surface area (Å²) in [6, 6.07) is 3.40. The zero-order valence-electron chi connectivity index (χ0n) is 18.7. The molecule has 13 heteroatoms. The summed E-state index contributed by atoms with van der Waals surface area (Å²) in [4.78, 5) is 45.2. The molecule has 2 saturated heterocycles. The van der Waals surface area contributed by atoms with Crippen molar-refractivity contribution in [1.29, 1.82) is 0 Å². The number of nitrogens with zero attached hydrogens (tertiary/aromatic N) is 4. The number of carboxylic acids is 1. The van der Waals surface area contributed by atoms with Crippen LogP contribution in [0.15, 0.2) is 28.2 Å². The molecule has 34 heavy (non-hydrogen) atoms. The molecule has 2 aromatic heterocycles. The number of piperidine rings is 1. The van der Waals surface area contributed by atoms with Crippen LogP contribution in [-0.4, -0.2) is 87.5 Å². The molecule has 0 radical (unpaired) electrons. The van der Waals surface area contributed by atoms with Gasteiger partial charge in [-0.05, 0) is 38.9 Å². The lowest BCUT2D eigenvalue weighted by atomic mass is 9.82. The van der Waals surface area contributed by atoms with Crippen LogP contribution in [0, 0.1) is 6.92 Å². The zero-order chi connectivity index (χ0) is 25.1. The summed E-state index contributed by atoms with van der Waals surface area (Å²) in [5.41, 5.74) is 0.430. The van der Waals surface area contributed by atoms with E-state index in [2.05, 4.69) is 9.88 Å². The highest BCUT2D eigenvalue weighted by atomic mass is 32.1. The Morgan fingerprint density at radius 3 is 2.38 bits per heavy atom. The van der Waals surface area contributed by atoms with E-state index in [0.717, 1.165) is 17.2 Å². The summed E-state index contributed by atoms with van der Waals surface area (Å²) >= 11 is 1.61. The van der Waals surface area contributed by atoms with Gasteiger partial charge in [0.15, 0.2) is 5.76 Å². The van der Waals surface area contributed by atoms with Gasteiger partial charge in [0, 0.05) is 31.6 Å². The van der Waals surface area contributed by atoms with Gasteiger partial charge < -0.3 is 19.3 Å². The second kappa shape index (κ2) is 10.1. The minimum atomic E-state index is -5.08. The van der Waals surface area contributed by atoms with Gasteiger partial charge in [-0.1, -0.05) is 0 Å². The van der Waals surface area contributed by atoms with Gasteiger partial charge in [0.05, 0.1) is 23.5 Å². The minimum absolute atomic E-state index is 0.101. The van der Waals surface area contributed by atoms with Crippen molar-refractivity contribution in [3.05, 3.63) is 40.2 Å². The average Bonchev–Trinajstić information content (AvgIpc) is 3.46. The van der Waals surface area contributed by atoms with Crippen LogP contribution in [-0.2, 0) is 16.1 Å². The third-order valence-electron chi connectivity index (χ3n) is 5.99. The molecule has 2 aromatic rings. The van der Waals surface area contributed by atoms with Crippen molar-refractivity contribution in [2.75, 3.05) is 33.2 Å². The Labute approximate surface area is 197 Å². The maximum absolute atomic E-state index is 13.4. The van der Waals surface area contributed by atoms with E-state index in [9.17, 15) is 22.8 Å². The van der Waals surface area contributed by atoms with Crippen LogP contribution in [0.4, 0.5) is 13.2 Å². The number of thiazole rings is 1. The number of likely N-dealkylation sites (N-methyl/N-ethyl adjacent to an activating group) is 1. The minimum Gasteiger partial charge on any atom is -0.475 e. The highest BCUT2D eigenvalue weighted by molar-refractivity contribution is 7.09. The van der Waals surface area contributed by atoms with Crippen molar-refractivity contribution in [3.63, 3.8) is 0 Å². The number of carbonyl (C=O) groups is 3. The van der Waals surface area contributed by atoms with E-state index in [1.54, 1.807) is 28.4 Å². The first kappa shape index (κ1) is 25.7. The Bertz CT molecular complexity index is 1020. The van der Waals surface area contributed by atoms with E-state index < -0.39 is 17.7 Å². The second-order valence-corrected chi connectivity index (χ2v) is 9.17. The number of piperazine rings is 1. The SMILES string of the molecule is Cc1nc(CN2CCN(C)C3(CCN(C(=O)c4ccco4)CC3)C2=O)cs1.O=C(O)C(F)(F)F. The molecule has 4 rings (SSSR count). The van der Waals surface area contributed by atoms with Crippen molar-refractivity contribution in [3.8, 4) is 0 Å². The number of carboxylic acid groups (broad SMARTS) is 1. The molecule has 1 spiro atoms. The van der Waals surface area contributed by atoms with Gasteiger partial charge in [-0.2, -0.15) is 13.2 Å². The number of alkyl halides is 3. The molecule has 2 aliphatic rings. The van der Waals surface area contributed by atoms with Gasteiger partial charge in [-0.3, -0.25) is 14.5 Å². The Kier molecular flexibility index (Phi) is 7.66. The van der Waals surface area contributed by atoms with Crippen LogP contribution in [0.5, 0.6) is 0 Å². The maximum atomic E-state index is 13.4. The fourth-order valence-electron chi connectivity index (χ4n) is 4.10. The van der Waals surface area contributed by atoms with Crippen LogP contribution < -0.4 is 0 Å². The number of hydrogen-bond donors (Lipinski definition) is 1. The number of aromatic nitrogens is 1. The molecule has 0 aromatic carbocycles. The Balaban J connectivity index is 0.000000406. The molecule has 4 heterocycles. The topological polar surface area (TPSA) is 107 Å². The number of rotatable bonds is 3. The molecule has 0 aliphatic carbocycles. The van der Waals surface area contributed by atoms with Gasteiger partial charge in [-0.15, -0.1) is 11.3 Å². The first-order valence-electron chi connectivity index (χ1n) is 10.5. The molecule has 0 bridgehead atoms. The van der Waals surface area contributed by atoms with E-state index in [4.69, 9.17) is 14.3 Å². The third kappa shape index (κ3) is 5.58. The van der Waals surface area contributed by atoms with E-state index in [0.29, 0.717) is 44.8 Å². The van der Waals surface area contributed by atoms with Gasteiger partial charge in [0.1, 0.15) is 5.54 Å². The van der Waals surface area contributed by atoms with Crippen molar-refractivity contribution >= 4 is 29.1 Å². The zero-order valence-corrected chi connectivity index (χ0v) is 19.5. The number of likely N-dealkylation sites (tertiary alicyclic amines) is 1. The summed E-state index contributed by atoms with van der Waals surface area (Å²) in [7, 11) is 2.02. The number of carbonyl (C=O) groups excluding carboxylic acids is 2. The number of aryl methyl sites for hydroxylation is 1. The maximum Gasteiger partial charge on any atom is 0.490 e. The van der Waals surface area contributed by atoms with Gasteiger partial charge in [0.25, 0.3) is 5.91 Å². The summed E-state index contributed by atoms with van der Waals surface area (Å²) in [6.07, 6.45) is -2.29. The fourth-order valence-corrected chi connectivity index (χ4v) is 4.71. The van der Waals surface area contributed by atoms with Crippen LogP contribution >= 0.6 is 11.3 Å².